The highest BCUT2D eigenvalue weighted by Crippen LogP contribution is 2.44. The summed E-state index contributed by atoms with van der Waals surface area (Å²) in [7, 11) is 0. The van der Waals surface area contributed by atoms with Crippen LogP contribution in [0.4, 0.5) is 15.0 Å². The lowest BCUT2D eigenvalue weighted by Crippen LogP contribution is -2.40. The highest BCUT2D eigenvalue weighted by Gasteiger charge is 2.46. The highest BCUT2D eigenvalue weighted by atomic mass is 19.1. The number of halogens is 1. The molecule has 34 heavy (non-hydrogen) atoms. The summed E-state index contributed by atoms with van der Waals surface area (Å²) in [6, 6.07) is 10.2. The number of pyridine rings is 1. The molecule has 3 aromatic rings. The first kappa shape index (κ1) is 22.2. The average molecular weight is 465 g/mol. The number of nitrogens with two attached hydrogens (primary N) is 1. The van der Waals surface area contributed by atoms with E-state index in [0.717, 1.165) is 42.9 Å². The Bertz CT molecular complexity index is 1230. The second-order valence-electron chi connectivity index (χ2n) is 9.10. The van der Waals surface area contributed by atoms with Crippen molar-refractivity contribution in [1.29, 1.82) is 0 Å². The SMILES string of the molecule is CCNC(=O)N1CC[C@@]2(CCn3nc(-c4cnc(N)c(O[C@H](C)c5cccc(F)c5)c4)cc32)C1. The number of hydrogen-bond donors (Lipinski definition) is 2. The largest absolute Gasteiger partial charge is 0.482 e. The van der Waals surface area contributed by atoms with Gasteiger partial charge < -0.3 is 20.7 Å². The van der Waals surface area contributed by atoms with Gasteiger partial charge in [0.2, 0.25) is 0 Å². The zero-order chi connectivity index (χ0) is 23.9. The summed E-state index contributed by atoms with van der Waals surface area (Å²) in [5, 5.41) is 7.72. The number of rotatable bonds is 5. The van der Waals surface area contributed by atoms with Crippen molar-refractivity contribution in [2.45, 2.75) is 44.8 Å². The van der Waals surface area contributed by atoms with Crippen LogP contribution in [0.25, 0.3) is 11.3 Å². The van der Waals surface area contributed by atoms with Crippen LogP contribution in [0.2, 0.25) is 0 Å². The predicted molar refractivity (Wildman–Crippen MR) is 127 cm³/mol. The van der Waals surface area contributed by atoms with Gasteiger partial charge in [-0.05, 0) is 56.5 Å². The Labute approximate surface area is 197 Å². The molecule has 5 rings (SSSR count). The summed E-state index contributed by atoms with van der Waals surface area (Å²) in [5.41, 5.74) is 9.47. The summed E-state index contributed by atoms with van der Waals surface area (Å²) in [6.45, 7) is 6.65. The van der Waals surface area contributed by atoms with E-state index in [1.807, 2.05) is 35.6 Å². The number of nitrogen functional groups attached to an aromatic ring is 1. The monoisotopic (exact) mass is 464 g/mol. The van der Waals surface area contributed by atoms with Crippen LogP contribution in [0.3, 0.4) is 0 Å². The van der Waals surface area contributed by atoms with Crippen LogP contribution in [-0.4, -0.2) is 45.3 Å². The molecule has 178 valence electrons. The third-order valence-corrected chi connectivity index (χ3v) is 6.89. The minimum absolute atomic E-state index is 0.00509. The molecule has 1 fully saturated rings. The van der Waals surface area contributed by atoms with Crippen LogP contribution < -0.4 is 15.8 Å². The molecule has 4 heterocycles. The Hall–Kier alpha value is -3.62. The summed E-state index contributed by atoms with van der Waals surface area (Å²) < 4.78 is 21.7. The fourth-order valence-electron chi connectivity index (χ4n) is 5.03. The van der Waals surface area contributed by atoms with Crippen LogP contribution in [0.15, 0.2) is 42.6 Å². The van der Waals surface area contributed by atoms with Gasteiger partial charge in [0.1, 0.15) is 11.9 Å². The molecule has 8 nitrogen and oxygen atoms in total. The third-order valence-electron chi connectivity index (χ3n) is 6.89. The molecule has 2 aliphatic heterocycles. The van der Waals surface area contributed by atoms with Crippen LogP contribution >= 0.6 is 0 Å². The summed E-state index contributed by atoms with van der Waals surface area (Å²) in [5.74, 6) is 0.385. The second-order valence-corrected chi connectivity index (χ2v) is 9.10. The number of anilines is 1. The zero-order valence-electron chi connectivity index (χ0n) is 19.4. The van der Waals surface area contributed by atoms with Gasteiger partial charge in [-0.1, -0.05) is 12.1 Å². The molecule has 2 atom stereocenters. The number of benzene rings is 1. The number of carbonyl (C=O) groups is 1. The van der Waals surface area contributed by atoms with E-state index in [2.05, 4.69) is 16.4 Å². The lowest BCUT2D eigenvalue weighted by atomic mass is 9.82. The number of urea groups is 1. The molecule has 2 amide bonds. The molecule has 0 bridgehead atoms. The summed E-state index contributed by atoms with van der Waals surface area (Å²) in [6.07, 6.45) is 3.19. The minimum Gasteiger partial charge on any atom is -0.482 e. The Morgan fingerprint density at radius 2 is 2.12 bits per heavy atom. The van der Waals surface area contributed by atoms with E-state index in [4.69, 9.17) is 15.6 Å². The number of ether oxygens (including phenoxy) is 1. The smallest absolute Gasteiger partial charge is 0.317 e. The molecule has 1 spiro atoms. The van der Waals surface area contributed by atoms with Gasteiger partial charge in [0.15, 0.2) is 11.6 Å². The van der Waals surface area contributed by atoms with E-state index >= 15 is 0 Å². The van der Waals surface area contributed by atoms with Gasteiger partial charge >= 0.3 is 6.03 Å². The quantitative estimate of drug-likeness (QED) is 0.597. The first-order valence-electron chi connectivity index (χ1n) is 11.7. The van der Waals surface area contributed by atoms with Gasteiger partial charge in [0.25, 0.3) is 0 Å². The maximum atomic E-state index is 13.6. The Morgan fingerprint density at radius 1 is 1.29 bits per heavy atom. The molecule has 0 radical (unpaired) electrons. The fraction of sp³-hybridized carbons (Fsp3) is 0.400. The number of aryl methyl sites for hydroxylation is 1. The van der Waals surface area contributed by atoms with Crippen molar-refractivity contribution in [1.82, 2.24) is 25.0 Å². The minimum atomic E-state index is -0.399. The van der Waals surface area contributed by atoms with Gasteiger partial charge in [-0.25, -0.2) is 14.2 Å². The molecule has 0 aliphatic carbocycles. The number of nitrogens with one attached hydrogen (secondary N) is 1. The van der Waals surface area contributed by atoms with Crippen molar-refractivity contribution in [2.75, 3.05) is 25.4 Å². The zero-order valence-corrected chi connectivity index (χ0v) is 19.4. The number of hydrogen-bond acceptors (Lipinski definition) is 5. The highest BCUT2D eigenvalue weighted by molar-refractivity contribution is 5.75. The molecule has 1 saturated heterocycles. The molecule has 1 aromatic carbocycles. The van der Waals surface area contributed by atoms with Gasteiger partial charge in [-0.2, -0.15) is 5.10 Å². The van der Waals surface area contributed by atoms with Crippen LogP contribution in [0.5, 0.6) is 5.75 Å². The van der Waals surface area contributed by atoms with Crippen LogP contribution in [0, 0.1) is 5.82 Å². The molecule has 0 saturated carbocycles. The lowest BCUT2D eigenvalue weighted by Gasteiger charge is -2.23. The number of likely N-dealkylation sites (tertiary alicyclic amines) is 1. The Morgan fingerprint density at radius 3 is 2.91 bits per heavy atom. The van der Waals surface area contributed by atoms with E-state index in [1.165, 1.54) is 12.1 Å². The molecular formula is C25H29FN6O2. The number of carbonyl (C=O) groups excluding carboxylic acids is 1. The first-order chi connectivity index (χ1) is 16.4. The van der Waals surface area contributed by atoms with Crippen molar-refractivity contribution in [3.63, 3.8) is 0 Å². The standard InChI is InChI=1S/C25H29FN6O2/c1-3-28-24(33)31-9-7-25(15-31)8-10-32-22(25)13-20(30-32)18-12-21(23(27)29-14-18)34-16(2)17-5-4-6-19(26)11-17/h4-6,11-14,16H,3,7-10,15H2,1-2H3,(H2,27,29)(H,28,33)/t16-,25-/m1/s1. The molecule has 2 aliphatic rings. The van der Waals surface area contributed by atoms with Crippen molar-refractivity contribution in [3.05, 3.63) is 59.7 Å². The molecule has 3 N–H and O–H groups in total. The topological polar surface area (TPSA) is 98.3 Å². The van der Waals surface area contributed by atoms with Crippen molar-refractivity contribution >= 4 is 11.8 Å². The van der Waals surface area contributed by atoms with Crippen molar-refractivity contribution in [2.24, 2.45) is 0 Å². The average Bonchev–Trinajstić information content (AvgIpc) is 3.52. The maximum Gasteiger partial charge on any atom is 0.317 e. The first-order valence-corrected chi connectivity index (χ1v) is 11.7. The third kappa shape index (κ3) is 3.95. The summed E-state index contributed by atoms with van der Waals surface area (Å²) in [4.78, 5) is 18.6. The Balaban J connectivity index is 1.38. The number of nitrogens with zero attached hydrogens (tertiary/aromatic N) is 4. The van der Waals surface area contributed by atoms with E-state index in [1.54, 1.807) is 12.3 Å². The second kappa shape index (κ2) is 8.62. The van der Waals surface area contributed by atoms with E-state index in [-0.39, 0.29) is 23.1 Å². The number of amides is 2. The van der Waals surface area contributed by atoms with Gasteiger partial charge in [-0.15, -0.1) is 0 Å². The van der Waals surface area contributed by atoms with Gasteiger partial charge in [0.05, 0.1) is 5.69 Å². The number of fused-ring (bicyclic) bond motifs is 2. The molecule has 0 unspecified atom stereocenters. The normalized spacial score (nSPS) is 19.9. The van der Waals surface area contributed by atoms with Crippen LogP contribution in [-0.2, 0) is 12.0 Å². The molecule has 2 aromatic heterocycles. The molecule has 9 heteroatoms. The van der Waals surface area contributed by atoms with Crippen molar-refractivity contribution < 1.29 is 13.9 Å². The van der Waals surface area contributed by atoms with Gasteiger partial charge in [0, 0.05) is 49.0 Å². The van der Waals surface area contributed by atoms with Crippen LogP contribution in [0.1, 0.15) is 44.1 Å². The lowest BCUT2D eigenvalue weighted by molar-refractivity contribution is 0.206. The van der Waals surface area contributed by atoms with Gasteiger partial charge in [-0.3, -0.25) is 4.68 Å². The summed E-state index contributed by atoms with van der Waals surface area (Å²) >= 11 is 0. The number of aromatic nitrogens is 3. The molecular weight excluding hydrogens is 435 g/mol. The maximum absolute atomic E-state index is 13.6. The fourth-order valence-corrected chi connectivity index (χ4v) is 5.03. The predicted octanol–water partition coefficient (Wildman–Crippen LogP) is 3.88. The van der Waals surface area contributed by atoms with E-state index in [0.29, 0.717) is 24.4 Å². The van der Waals surface area contributed by atoms with E-state index in [9.17, 15) is 9.18 Å². The van der Waals surface area contributed by atoms with Crippen molar-refractivity contribution in [3.8, 4) is 17.0 Å². The van der Waals surface area contributed by atoms with E-state index < -0.39 is 6.10 Å². The Kier molecular flexibility index (Phi) is 5.63.